The fourth-order valence-electron chi connectivity index (χ4n) is 3.50. The molecule has 0 aliphatic carbocycles. The molecule has 0 bridgehead atoms. The van der Waals surface area contributed by atoms with Gasteiger partial charge in [-0.25, -0.2) is 4.98 Å². The Bertz CT molecular complexity index is 926. The summed E-state index contributed by atoms with van der Waals surface area (Å²) < 4.78 is 0. The average Bonchev–Trinajstić information content (AvgIpc) is 3.05. The summed E-state index contributed by atoms with van der Waals surface area (Å²) in [7, 11) is 0. The van der Waals surface area contributed by atoms with Gasteiger partial charge < -0.3 is 9.88 Å². The molecule has 1 aliphatic heterocycles. The van der Waals surface area contributed by atoms with Crippen molar-refractivity contribution in [2.24, 2.45) is 0 Å². The number of rotatable bonds is 2. The van der Waals surface area contributed by atoms with Crippen molar-refractivity contribution in [3.63, 3.8) is 0 Å². The topological polar surface area (TPSA) is 49.0 Å². The molecule has 1 aliphatic rings. The number of fused-ring (bicyclic) bond motifs is 1. The Morgan fingerprint density at radius 3 is 2.72 bits per heavy atom. The van der Waals surface area contributed by atoms with Crippen molar-refractivity contribution < 1.29 is 4.79 Å². The van der Waals surface area contributed by atoms with E-state index in [4.69, 9.17) is 16.6 Å². The molecule has 0 unspecified atom stereocenters. The number of H-pyrrole nitrogens is 1. The third-order valence-corrected chi connectivity index (χ3v) is 5.26. The molecule has 4 rings (SSSR count). The molecule has 25 heavy (non-hydrogen) atoms. The summed E-state index contributed by atoms with van der Waals surface area (Å²) in [4.78, 5) is 22.7. The summed E-state index contributed by atoms with van der Waals surface area (Å²) in [6, 6.07) is 13.5. The van der Waals surface area contributed by atoms with Gasteiger partial charge >= 0.3 is 0 Å². The number of nitrogens with zero attached hydrogens (tertiary/aromatic N) is 2. The lowest BCUT2D eigenvalue weighted by molar-refractivity contribution is 0.0711. The Hall–Kier alpha value is -2.33. The van der Waals surface area contributed by atoms with Crippen molar-refractivity contribution in [3.8, 4) is 0 Å². The maximum Gasteiger partial charge on any atom is 0.255 e. The van der Waals surface area contributed by atoms with Gasteiger partial charge in [0.15, 0.2) is 0 Å². The van der Waals surface area contributed by atoms with Gasteiger partial charge in [-0.1, -0.05) is 29.8 Å². The normalized spacial score (nSPS) is 15.7. The van der Waals surface area contributed by atoms with Crippen molar-refractivity contribution in [1.29, 1.82) is 0 Å². The number of aryl methyl sites for hydroxylation is 1. The first-order chi connectivity index (χ1) is 12.1. The molecule has 3 aromatic rings. The van der Waals surface area contributed by atoms with E-state index in [0.29, 0.717) is 16.5 Å². The molecule has 0 radical (unpaired) electrons. The van der Waals surface area contributed by atoms with Crippen LogP contribution in [0.1, 0.15) is 40.5 Å². The highest BCUT2D eigenvalue weighted by atomic mass is 35.5. The molecule has 2 heterocycles. The van der Waals surface area contributed by atoms with Crippen LogP contribution >= 0.6 is 11.6 Å². The Labute approximate surface area is 151 Å². The summed E-state index contributed by atoms with van der Waals surface area (Å²) in [5.74, 6) is 1.41. The minimum Gasteiger partial charge on any atom is -0.342 e. The number of amides is 1. The maximum absolute atomic E-state index is 12.7. The van der Waals surface area contributed by atoms with Gasteiger partial charge in [0.2, 0.25) is 0 Å². The summed E-state index contributed by atoms with van der Waals surface area (Å²) in [5, 5.41) is 0.516. The molecule has 1 N–H and O–H groups in total. The molecule has 0 saturated carbocycles. The fraction of sp³-hybridized carbons (Fsp3) is 0.300. The standard InChI is InChI=1S/C20H20ClN3O/c1-13-6-7-17-18(12-13)23-19(22-17)14-8-10-24(11-9-14)20(25)15-4-2-3-5-16(15)21/h2-7,12,14H,8-11H2,1H3,(H,22,23). The van der Waals surface area contributed by atoms with Crippen molar-refractivity contribution in [2.45, 2.75) is 25.7 Å². The number of piperidine rings is 1. The first kappa shape index (κ1) is 16.2. The van der Waals surface area contributed by atoms with Crippen molar-refractivity contribution in [1.82, 2.24) is 14.9 Å². The van der Waals surface area contributed by atoms with Gasteiger partial charge in [-0.15, -0.1) is 0 Å². The van der Waals surface area contributed by atoms with Crippen LogP contribution < -0.4 is 0 Å². The van der Waals surface area contributed by atoms with Crippen LogP contribution in [0.2, 0.25) is 5.02 Å². The number of nitrogens with one attached hydrogen (secondary N) is 1. The first-order valence-corrected chi connectivity index (χ1v) is 8.99. The number of hydrogen-bond acceptors (Lipinski definition) is 2. The molecule has 1 saturated heterocycles. The highest BCUT2D eigenvalue weighted by Gasteiger charge is 2.27. The van der Waals surface area contributed by atoms with Crippen LogP contribution in [0, 0.1) is 6.92 Å². The van der Waals surface area contributed by atoms with E-state index in [9.17, 15) is 4.79 Å². The van der Waals surface area contributed by atoms with Gasteiger partial charge in [0.05, 0.1) is 21.6 Å². The minimum absolute atomic E-state index is 0.0179. The van der Waals surface area contributed by atoms with Crippen LogP contribution in [0.25, 0.3) is 11.0 Å². The van der Waals surface area contributed by atoms with E-state index in [1.54, 1.807) is 12.1 Å². The Kier molecular flexibility index (Phi) is 4.22. The maximum atomic E-state index is 12.7. The third-order valence-electron chi connectivity index (χ3n) is 4.93. The van der Waals surface area contributed by atoms with Crippen LogP contribution in [0.4, 0.5) is 0 Å². The number of aromatic nitrogens is 2. The summed E-state index contributed by atoms with van der Waals surface area (Å²) in [6.07, 6.45) is 1.82. The molecule has 1 fully saturated rings. The van der Waals surface area contributed by atoms with E-state index in [1.807, 2.05) is 17.0 Å². The quantitative estimate of drug-likeness (QED) is 0.735. The van der Waals surface area contributed by atoms with Gasteiger partial charge in [0.25, 0.3) is 5.91 Å². The second kappa shape index (κ2) is 6.52. The Morgan fingerprint density at radius 1 is 1.20 bits per heavy atom. The lowest BCUT2D eigenvalue weighted by Crippen LogP contribution is -2.38. The minimum atomic E-state index is 0.0179. The van der Waals surface area contributed by atoms with Crippen molar-refractivity contribution in [3.05, 3.63) is 64.4 Å². The SMILES string of the molecule is Cc1ccc2nc(C3CCN(C(=O)c4ccccc4Cl)CC3)[nH]c2c1. The summed E-state index contributed by atoms with van der Waals surface area (Å²) in [6.45, 7) is 3.54. The van der Waals surface area contributed by atoms with Crippen LogP contribution in [-0.4, -0.2) is 33.9 Å². The first-order valence-electron chi connectivity index (χ1n) is 8.62. The average molecular weight is 354 g/mol. The van der Waals surface area contributed by atoms with E-state index in [1.165, 1.54) is 5.56 Å². The lowest BCUT2D eigenvalue weighted by atomic mass is 9.95. The van der Waals surface area contributed by atoms with Crippen LogP contribution in [0.5, 0.6) is 0 Å². The molecule has 4 nitrogen and oxygen atoms in total. The number of imidazole rings is 1. The van der Waals surface area contributed by atoms with E-state index in [-0.39, 0.29) is 5.91 Å². The van der Waals surface area contributed by atoms with Gasteiger partial charge in [-0.05, 0) is 49.6 Å². The molecular formula is C20H20ClN3O. The molecular weight excluding hydrogens is 334 g/mol. The second-order valence-corrected chi connectivity index (χ2v) is 7.10. The van der Waals surface area contributed by atoms with Crippen LogP contribution in [0.3, 0.4) is 0 Å². The van der Waals surface area contributed by atoms with E-state index < -0.39 is 0 Å². The summed E-state index contributed by atoms with van der Waals surface area (Å²) in [5.41, 5.74) is 3.91. The third kappa shape index (κ3) is 3.14. The number of benzene rings is 2. The number of carbonyl (C=O) groups excluding carboxylic acids is 1. The summed E-state index contributed by atoms with van der Waals surface area (Å²) >= 11 is 6.16. The number of hydrogen-bond donors (Lipinski definition) is 1. The number of carbonyl (C=O) groups is 1. The highest BCUT2D eigenvalue weighted by Crippen LogP contribution is 2.29. The highest BCUT2D eigenvalue weighted by molar-refractivity contribution is 6.33. The van der Waals surface area contributed by atoms with Crippen molar-refractivity contribution in [2.75, 3.05) is 13.1 Å². The van der Waals surface area contributed by atoms with Crippen LogP contribution in [0.15, 0.2) is 42.5 Å². The van der Waals surface area contributed by atoms with E-state index >= 15 is 0 Å². The lowest BCUT2D eigenvalue weighted by Gasteiger charge is -2.31. The molecule has 0 atom stereocenters. The number of aromatic amines is 1. The molecule has 2 aromatic carbocycles. The zero-order valence-corrected chi connectivity index (χ0v) is 14.9. The molecule has 5 heteroatoms. The van der Waals surface area contributed by atoms with E-state index in [2.05, 4.69) is 30.1 Å². The number of halogens is 1. The van der Waals surface area contributed by atoms with E-state index in [0.717, 1.165) is 42.8 Å². The predicted molar refractivity (Wildman–Crippen MR) is 100 cm³/mol. The molecule has 1 amide bonds. The monoisotopic (exact) mass is 353 g/mol. The van der Waals surface area contributed by atoms with Crippen molar-refractivity contribution >= 4 is 28.5 Å². The Balaban J connectivity index is 1.47. The van der Waals surface area contributed by atoms with Crippen LogP contribution in [-0.2, 0) is 0 Å². The molecule has 0 spiro atoms. The number of likely N-dealkylation sites (tertiary alicyclic amines) is 1. The molecule has 1 aromatic heterocycles. The van der Waals surface area contributed by atoms with Gasteiger partial charge in [0, 0.05) is 19.0 Å². The Morgan fingerprint density at radius 2 is 1.96 bits per heavy atom. The zero-order chi connectivity index (χ0) is 17.4. The smallest absolute Gasteiger partial charge is 0.255 e. The molecule has 128 valence electrons. The van der Waals surface area contributed by atoms with Gasteiger partial charge in [-0.2, -0.15) is 0 Å². The largest absolute Gasteiger partial charge is 0.342 e. The zero-order valence-electron chi connectivity index (χ0n) is 14.1. The fourth-order valence-corrected chi connectivity index (χ4v) is 3.71. The predicted octanol–water partition coefficient (Wildman–Crippen LogP) is 4.54. The van der Waals surface area contributed by atoms with Gasteiger partial charge in [-0.3, -0.25) is 4.79 Å². The van der Waals surface area contributed by atoms with Gasteiger partial charge in [0.1, 0.15) is 5.82 Å². The second-order valence-electron chi connectivity index (χ2n) is 6.69.